The second kappa shape index (κ2) is 11.7. The van der Waals surface area contributed by atoms with Gasteiger partial charge in [-0.3, -0.25) is 9.78 Å². The molecule has 5 rings (SSSR count). The fourth-order valence-corrected chi connectivity index (χ4v) is 5.02. The standard InChI is InChI=1S/C30H36N8O/c1-20(21(2)23-6-5-7-24-25(30(39)31-3)10-11-32-29(23)24)17-33-27-16-26(35-19-36-27)22-8-9-28(34-18-22)38-14-12-37(4)13-15-38/h5-11,16,18-21H,12-15,17H2,1-4H3,(H,31,39)(H,33,35,36)/t20-,21?/m1/s1. The lowest BCUT2D eigenvalue weighted by atomic mass is 9.87. The second-order valence-corrected chi connectivity index (χ2v) is 10.3. The molecular weight excluding hydrogens is 488 g/mol. The van der Waals surface area contributed by atoms with Gasteiger partial charge in [0.05, 0.1) is 16.8 Å². The summed E-state index contributed by atoms with van der Waals surface area (Å²) in [5, 5.41) is 7.08. The zero-order valence-electron chi connectivity index (χ0n) is 23.1. The normalized spacial score (nSPS) is 15.6. The van der Waals surface area contributed by atoms with Crippen LogP contribution in [-0.4, -0.2) is 77.6 Å². The molecule has 0 bridgehead atoms. The zero-order chi connectivity index (χ0) is 27.4. The van der Waals surface area contributed by atoms with Gasteiger partial charge in [0.1, 0.15) is 18.0 Å². The molecule has 2 N–H and O–H groups in total. The summed E-state index contributed by atoms with van der Waals surface area (Å²) in [7, 11) is 3.80. The SMILES string of the molecule is CNC(=O)c1ccnc2c(C(C)[C@H](C)CNc3cc(-c4ccc(N5CCN(C)CC5)nc4)ncn3)cccc12. The molecule has 0 saturated carbocycles. The minimum Gasteiger partial charge on any atom is -0.370 e. The van der Waals surface area contributed by atoms with E-state index in [1.165, 1.54) is 0 Å². The number of pyridine rings is 2. The second-order valence-electron chi connectivity index (χ2n) is 10.3. The van der Waals surface area contributed by atoms with E-state index in [2.05, 4.69) is 74.5 Å². The molecule has 9 nitrogen and oxygen atoms in total. The molecule has 4 aromatic rings. The molecule has 0 aliphatic carbocycles. The summed E-state index contributed by atoms with van der Waals surface area (Å²) in [5.74, 6) is 2.17. The highest BCUT2D eigenvalue weighted by molar-refractivity contribution is 6.06. The Hall–Kier alpha value is -4.11. The molecule has 1 aliphatic heterocycles. The van der Waals surface area contributed by atoms with E-state index in [9.17, 15) is 4.79 Å². The summed E-state index contributed by atoms with van der Waals surface area (Å²) in [5.41, 5.74) is 4.44. The Morgan fingerprint density at radius 1 is 1.00 bits per heavy atom. The van der Waals surface area contributed by atoms with Crippen LogP contribution in [0.15, 0.2) is 61.2 Å². The lowest BCUT2D eigenvalue weighted by molar-refractivity contribution is 0.0964. The summed E-state index contributed by atoms with van der Waals surface area (Å²) >= 11 is 0. The third kappa shape index (κ3) is 5.83. The number of hydrogen-bond donors (Lipinski definition) is 2. The number of carbonyl (C=O) groups is 1. The van der Waals surface area contributed by atoms with Crippen molar-refractivity contribution in [2.24, 2.45) is 5.92 Å². The number of amides is 1. The summed E-state index contributed by atoms with van der Waals surface area (Å²) in [6.45, 7) is 9.22. The molecule has 1 saturated heterocycles. The predicted molar refractivity (Wildman–Crippen MR) is 156 cm³/mol. The largest absolute Gasteiger partial charge is 0.370 e. The molecule has 0 radical (unpaired) electrons. The highest BCUT2D eigenvalue weighted by atomic mass is 16.1. The van der Waals surface area contributed by atoms with E-state index in [4.69, 9.17) is 4.98 Å². The van der Waals surface area contributed by atoms with Crippen molar-refractivity contribution in [3.8, 4) is 11.3 Å². The Labute approximate surface area is 229 Å². The smallest absolute Gasteiger partial charge is 0.251 e. The molecule has 4 heterocycles. The van der Waals surface area contributed by atoms with Crippen LogP contribution in [0.3, 0.4) is 0 Å². The lowest BCUT2D eigenvalue weighted by Gasteiger charge is -2.33. The number of carbonyl (C=O) groups excluding carboxylic acids is 1. The van der Waals surface area contributed by atoms with Gasteiger partial charge in [0.25, 0.3) is 5.91 Å². The molecule has 1 amide bonds. The Bertz CT molecular complexity index is 1430. The number of benzene rings is 1. The fraction of sp³-hybridized carbons (Fsp3) is 0.367. The van der Waals surface area contributed by atoms with Crippen LogP contribution in [0.25, 0.3) is 22.2 Å². The molecule has 1 aromatic carbocycles. The number of aromatic nitrogens is 4. The van der Waals surface area contributed by atoms with Crippen LogP contribution in [0.5, 0.6) is 0 Å². The minimum atomic E-state index is -0.106. The van der Waals surface area contributed by atoms with Crippen LogP contribution in [0.4, 0.5) is 11.6 Å². The molecule has 1 aliphatic rings. The third-order valence-corrected chi connectivity index (χ3v) is 7.76. The minimum absolute atomic E-state index is 0.106. The van der Waals surface area contributed by atoms with E-state index < -0.39 is 0 Å². The van der Waals surface area contributed by atoms with Gasteiger partial charge in [-0.15, -0.1) is 0 Å². The monoisotopic (exact) mass is 524 g/mol. The van der Waals surface area contributed by atoms with Gasteiger partial charge in [-0.05, 0) is 42.6 Å². The Balaban J connectivity index is 1.26. The summed E-state index contributed by atoms with van der Waals surface area (Å²) in [4.78, 5) is 35.3. The van der Waals surface area contributed by atoms with Crippen LogP contribution >= 0.6 is 0 Å². The van der Waals surface area contributed by atoms with Gasteiger partial charge in [0.15, 0.2) is 0 Å². The number of nitrogens with zero attached hydrogens (tertiary/aromatic N) is 6. The maximum absolute atomic E-state index is 12.4. The first-order valence-electron chi connectivity index (χ1n) is 13.5. The number of para-hydroxylation sites is 1. The maximum Gasteiger partial charge on any atom is 0.251 e. The molecule has 3 aromatic heterocycles. The van der Waals surface area contributed by atoms with Crippen molar-refractivity contribution in [1.82, 2.24) is 30.2 Å². The summed E-state index contributed by atoms with van der Waals surface area (Å²) in [6.07, 6.45) is 5.20. The zero-order valence-corrected chi connectivity index (χ0v) is 23.1. The Kier molecular flexibility index (Phi) is 7.97. The number of nitrogens with one attached hydrogen (secondary N) is 2. The van der Waals surface area contributed by atoms with Crippen molar-refractivity contribution < 1.29 is 4.79 Å². The van der Waals surface area contributed by atoms with Crippen molar-refractivity contribution in [3.63, 3.8) is 0 Å². The Morgan fingerprint density at radius 2 is 1.82 bits per heavy atom. The fourth-order valence-electron chi connectivity index (χ4n) is 5.02. The van der Waals surface area contributed by atoms with Gasteiger partial charge < -0.3 is 20.4 Å². The van der Waals surface area contributed by atoms with E-state index in [-0.39, 0.29) is 17.7 Å². The van der Waals surface area contributed by atoms with Gasteiger partial charge in [0.2, 0.25) is 0 Å². The van der Waals surface area contributed by atoms with Gasteiger partial charge in [-0.1, -0.05) is 32.0 Å². The average molecular weight is 525 g/mol. The van der Waals surface area contributed by atoms with Crippen LogP contribution in [0.2, 0.25) is 0 Å². The van der Waals surface area contributed by atoms with Crippen LogP contribution in [0.1, 0.15) is 35.7 Å². The maximum atomic E-state index is 12.4. The van der Waals surface area contributed by atoms with Gasteiger partial charge >= 0.3 is 0 Å². The number of fused-ring (bicyclic) bond motifs is 1. The predicted octanol–water partition coefficient (Wildman–Crippen LogP) is 4.05. The number of likely N-dealkylation sites (N-methyl/N-ethyl adjacent to an activating group) is 1. The first-order chi connectivity index (χ1) is 18.9. The van der Waals surface area contributed by atoms with E-state index in [1.807, 2.05) is 24.4 Å². The molecular formula is C30H36N8O. The summed E-state index contributed by atoms with van der Waals surface area (Å²) < 4.78 is 0. The van der Waals surface area contributed by atoms with Gasteiger partial charge in [-0.25, -0.2) is 15.0 Å². The molecule has 39 heavy (non-hydrogen) atoms. The number of anilines is 2. The number of hydrogen-bond acceptors (Lipinski definition) is 8. The van der Waals surface area contributed by atoms with Crippen molar-refractivity contribution in [1.29, 1.82) is 0 Å². The van der Waals surface area contributed by atoms with Crippen molar-refractivity contribution in [2.75, 3.05) is 57.0 Å². The van der Waals surface area contributed by atoms with Crippen LogP contribution < -0.4 is 15.5 Å². The van der Waals surface area contributed by atoms with E-state index in [1.54, 1.807) is 25.6 Å². The first-order valence-corrected chi connectivity index (χ1v) is 13.5. The highest BCUT2D eigenvalue weighted by Gasteiger charge is 2.20. The van der Waals surface area contributed by atoms with Crippen molar-refractivity contribution >= 4 is 28.4 Å². The molecule has 0 spiro atoms. The number of rotatable bonds is 8. The molecule has 1 unspecified atom stereocenters. The quantitative estimate of drug-likeness (QED) is 0.356. The van der Waals surface area contributed by atoms with E-state index in [0.717, 1.165) is 72.1 Å². The first kappa shape index (κ1) is 26.5. The third-order valence-electron chi connectivity index (χ3n) is 7.76. The lowest BCUT2D eigenvalue weighted by Crippen LogP contribution is -2.44. The van der Waals surface area contributed by atoms with Crippen LogP contribution in [0, 0.1) is 5.92 Å². The molecule has 9 heteroatoms. The topological polar surface area (TPSA) is 99.2 Å². The van der Waals surface area contributed by atoms with E-state index >= 15 is 0 Å². The van der Waals surface area contributed by atoms with Gasteiger partial charge in [0, 0.05) is 69.2 Å². The average Bonchev–Trinajstić information content (AvgIpc) is 2.99. The van der Waals surface area contributed by atoms with Crippen molar-refractivity contribution in [3.05, 3.63) is 72.3 Å². The number of piperazine rings is 1. The van der Waals surface area contributed by atoms with Gasteiger partial charge in [-0.2, -0.15) is 0 Å². The molecule has 2 atom stereocenters. The molecule has 1 fully saturated rings. The Morgan fingerprint density at radius 3 is 2.56 bits per heavy atom. The van der Waals surface area contributed by atoms with Crippen molar-refractivity contribution in [2.45, 2.75) is 19.8 Å². The molecule has 202 valence electrons. The summed E-state index contributed by atoms with van der Waals surface area (Å²) in [6, 6.07) is 14.0. The van der Waals surface area contributed by atoms with E-state index in [0.29, 0.717) is 5.56 Å². The highest BCUT2D eigenvalue weighted by Crippen LogP contribution is 2.31. The van der Waals surface area contributed by atoms with Crippen LogP contribution in [-0.2, 0) is 0 Å².